The first-order chi connectivity index (χ1) is 15.0. The number of aryl methyl sites for hydroxylation is 1. The van der Waals surface area contributed by atoms with E-state index in [1.807, 2.05) is 50.2 Å². The maximum atomic E-state index is 6.25. The lowest BCUT2D eigenvalue weighted by molar-refractivity contribution is 0.463. The molecule has 4 rings (SSSR count). The minimum atomic E-state index is 0.326. The Morgan fingerprint density at radius 1 is 1.00 bits per heavy atom. The summed E-state index contributed by atoms with van der Waals surface area (Å²) >= 11 is 13.7. The third-order valence-electron chi connectivity index (χ3n) is 4.31. The van der Waals surface area contributed by atoms with Crippen LogP contribution in [0.3, 0.4) is 0 Å². The summed E-state index contributed by atoms with van der Waals surface area (Å²) < 4.78 is 5.84. The Balaban J connectivity index is 1.58. The first-order valence-corrected chi connectivity index (χ1v) is 11.0. The van der Waals surface area contributed by atoms with Crippen molar-refractivity contribution in [2.45, 2.75) is 13.8 Å². The average Bonchev–Trinajstić information content (AvgIpc) is 3.16. The van der Waals surface area contributed by atoms with Crippen molar-refractivity contribution >= 4 is 45.9 Å². The number of halogens is 2. The van der Waals surface area contributed by atoms with Gasteiger partial charge >= 0.3 is 0 Å². The third kappa shape index (κ3) is 5.41. The Kier molecular flexibility index (Phi) is 6.51. The van der Waals surface area contributed by atoms with Crippen LogP contribution < -0.4 is 10.2 Å². The largest absolute Gasteiger partial charge is 0.439 e. The van der Waals surface area contributed by atoms with Gasteiger partial charge in [0.05, 0.1) is 22.0 Å². The summed E-state index contributed by atoms with van der Waals surface area (Å²) in [4.78, 5) is 9.96. The summed E-state index contributed by atoms with van der Waals surface area (Å²) in [5.74, 6) is 1.01. The van der Waals surface area contributed by atoms with Crippen LogP contribution in [0.5, 0.6) is 11.6 Å². The van der Waals surface area contributed by atoms with Gasteiger partial charge in [-0.05, 0) is 56.3 Å². The molecule has 0 aliphatic rings. The number of hydrazone groups is 1. The van der Waals surface area contributed by atoms with E-state index in [1.54, 1.807) is 41.7 Å². The molecular formula is C23H18Cl2N4OS. The molecule has 0 bridgehead atoms. The van der Waals surface area contributed by atoms with Crippen LogP contribution in [0.2, 0.25) is 10.2 Å². The molecule has 0 unspecified atom stereocenters. The molecule has 0 spiro atoms. The van der Waals surface area contributed by atoms with Crippen LogP contribution in [-0.4, -0.2) is 15.7 Å². The highest BCUT2D eigenvalue weighted by molar-refractivity contribution is 7.17. The molecule has 0 atom stereocenters. The van der Waals surface area contributed by atoms with Crippen LogP contribution >= 0.6 is 34.5 Å². The summed E-state index contributed by atoms with van der Waals surface area (Å²) in [6, 6.07) is 20.4. The number of aromatic nitrogens is 2. The fourth-order valence-electron chi connectivity index (χ4n) is 2.84. The number of hydrogen-bond acceptors (Lipinski definition) is 6. The van der Waals surface area contributed by atoms with Gasteiger partial charge in [-0.1, -0.05) is 41.4 Å². The standard InChI is InChI=1S/C23H18Cl2N4OS/c1-14-22(15(2)28-29-18-6-4-3-5-7-18)31-23(26-14)16-12-20(25)27-21(13-16)30-19-10-8-17(24)9-11-19/h3-13,29H,1-2H3/b28-15+. The number of benzene rings is 2. The Bertz CT molecular complexity index is 1220. The smallest absolute Gasteiger partial charge is 0.221 e. The number of ether oxygens (including phenoxy) is 1. The van der Waals surface area contributed by atoms with E-state index in [9.17, 15) is 0 Å². The molecule has 2 heterocycles. The number of thiazole rings is 1. The SMILES string of the molecule is C/C(=N\Nc1ccccc1)c1sc(-c2cc(Cl)nc(Oc3ccc(Cl)cc3)c2)nc1C. The van der Waals surface area contributed by atoms with Gasteiger partial charge in [0.25, 0.3) is 0 Å². The third-order valence-corrected chi connectivity index (χ3v) is 6.07. The Labute approximate surface area is 194 Å². The first-order valence-electron chi connectivity index (χ1n) is 9.42. The number of anilines is 1. The van der Waals surface area contributed by atoms with E-state index in [2.05, 4.69) is 15.5 Å². The highest BCUT2D eigenvalue weighted by atomic mass is 35.5. The van der Waals surface area contributed by atoms with Crippen molar-refractivity contribution in [2.24, 2.45) is 5.10 Å². The zero-order chi connectivity index (χ0) is 21.8. The molecule has 1 N–H and O–H groups in total. The maximum Gasteiger partial charge on any atom is 0.221 e. The van der Waals surface area contributed by atoms with Crippen molar-refractivity contribution < 1.29 is 4.74 Å². The molecule has 5 nitrogen and oxygen atoms in total. The Morgan fingerprint density at radius 3 is 2.48 bits per heavy atom. The normalized spacial score (nSPS) is 11.4. The second kappa shape index (κ2) is 9.47. The van der Waals surface area contributed by atoms with Crippen LogP contribution in [0.1, 0.15) is 17.5 Å². The number of para-hydroxylation sites is 1. The first kappa shape index (κ1) is 21.3. The molecule has 8 heteroatoms. The van der Waals surface area contributed by atoms with E-state index in [-0.39, 0.29) is 0 Å². The molecule has 31 heavy (non-hydrogen) atoms. The molecule has 0 saturated heterocycles. The van der Waals surface area contributed by atoms with Crippen LogP contribution in [0.4, 0.5) is 5.69 Å². The van der Waals surface area contributed by atoms with Gasteiger partial charge in [0, 0.05) is 16.7 Å². The number of hydrogen-bond donors (Lipinski definition) is 1. The topological polar surface area (TPSA) is 59.4 Å². The minimum absolute atomic E-state index is 0.326. The average molecular weight is 469 g/mol. The number of nitrogens with zero attached hydrogens (tertiary/aromatic N) is 3. The van der Waals surface area contributed by atoms with Crippen molar-refractivity contribution in [3.63, 3.8) is 0 Å². The highest BCUT2D eigenvalue weighted by Gasteiger charge is 2.14. The molecule has 2 aromatic heterocycles. The van der Waals surface area contributed by atoms with Crippen LogP contribution in [0.25, 0.3) is 10.6 Å². The minimum Gasteiger partial charge on any atom is -0.439 e. The van der Waals surface area contributed by atoms with Gasteiger partial charge in [0.15, 0.2) is 0 Å². The van der Waals surface area contributed by atoms with Gasteiger partial charge in [-0.25, -0.2) is 9.97 Å². The predicted octanol–water partition coefficient (Wildman–Crippen LogP) is 7.45. The van der Waals surface area contributed by atoms with Gasteiger partial charge in [-0.15, -0.1) is 11.3 Å². The fourth-order valence-corrected chi connectivity index (χ4v) is 4.16. The van der Waals surface area contributed by atoms with Gasteiger partial charge < -0.3 is 4.74 Å². The molecule has 0 radical (unpaired) electrons. The van der Waals surface area contributed by atoms with E-state index in [4.69, 9.17) is 32.9 Å². The quantitative estimate of drug-likeness (QED) is 0.181. The molecular weight excluding hydrogens is 451 g/mol. The Morgan fingerprint density at radius 2 is 1.74 bits per heavy atom. The zero-order valence-corrected chi connectivity index (χ0v) is 19.1. The molecule has 4 aromatic rings. The second-order valence-corrected chi connectivity index (χ2v) is 8.50. The van der Waals surface area contributed by atoms with Gasteiger partial charge in [-0.2, -0.15) is 5.10 Å². The van der Waals surface area contributed by atoms with Crippen LogP contribution in [-0.2, 0) is 0 Å². The second-order valence-electron chi connectivity index (χ2n) is 6.68. The molecule has 0 aliphatic heterocycles. The van der Waals surface area contributed by atoms with E-state index in [0.717, 1.165) is 32.5 Å². The monoisotopic (exact) mass is 468 g/mol. The lowest BCUT2D eigenvalue weighted by Gasteiger charge is -2.06. The van der Waals surface area contributed by atoms with Crippen molar-refractivity contribution in [3.8, 4) is 22.2 Å². The fraction of sp³-hybridized carbons (Fsp3) is 0.0870. The van der Waals surface area contributed by atoms with Crippen LogP contribution in [0.15, 0.2) is 71.8 Å². The molecule has 0 aliphatic carbocycles. The van der Waals surface area contributed by atoms with Gasteiger partial charge in [0.1, 0.15) is 15.9 Å². The van der Waals surface area contributed by atoms with Crippen molar-refractivity contribution in [1.29, 1.82) is 0 Å². The summed E-state index contributed by atoms with van der Waals surface area (Å²) in [5.41, 5.74) is 6.57. The number of pyridine rings is 1. The van der Waals surface area contributed by atoms with Crippen molar-refractivity contribution in [1.82, 2.24) is 9.97 Å². The predicted molar refractivity (Wildman–Crippen MR) is 129 cm³/mol. The van der Waals surface area contributed by atoms with E-state index < -0.39 is 0 Å². The number of rotatable bonds is 6. The van der Waals surface area contributed by atoms with Gasteiger partial charge in [-0.3, -0.25) is 5.43 Å². The van der Waals surface area contributed by atoms with Crippen molar-refractivity contribution in [2.75, 3.05) is 5.43 Å². The highest BCUT2D eigenvalue weighted by Crippen LogP contribution is 2.33. The summed E-state index contributed by atoms with van der Waals surface area (Å²) in [6.07, 6.45) is 0. The Hall–Kier alpha value is -2.93. The lowest BCUT2D eigenvalue weighted by atomic mass is 10.2. The maximum absolute atomic E-state index is 6.25. The summed E-state index contributed by atoms with van der Waals surface area (Å²) in [7, 11) is 0. The van der Waals surface area contributed by atoms with E-state index in [1.165, 1.54) is 0 Å². The van der Waals surface area contributed by atoms with E-state index >= 15 is 0 Å². The zero-order valence-electron chi connectivity index (χ0n) is 16.8. The molecule has 156 valence electrons. The van der Waals surface area contributed by atoms with Gasteiger partial charge in [0.2, 0.25) is 5.88 Å². The summed E-state index contributed by atoms with van der Waals surface area (Å²) in [5, 5.41) is 6.27. The molecule has 0 fully saturated rings. The van der Waals surface area contributed by atoms with E-state index in [0.29, 0.717) is 21.8 Å². The number of nitrogens with one attached hydrogen (secondary N) is 1. The lowest BCUT2D eigenvalue weighted by Crippen LogP contribution is -1.99. The summed E-state index contributed by atoms with van der Waals surface area (Å²) in [6.45, 7) is 3.92. The molecule has 0 amide bonds. The molecule has 0 saturated carbocycles. The van der Waals surface area contributed by atoms with Crippen molar-refractivity contribution in [3.05, 3.63) is 87.5 Å². The molecule has 2 aromatic carbocycles. The van der Waals surface area contributed by atoms with Crippen LogP contribution in [0, 0.1) is 6.92 Å².